The minimum Gasteiger partial charge on any atom is -0.311 e. The normalized spacial score (nSPS) is 11.5. The Hall–Kier alpha value is -2.65. The van der Waals surface area contributed by atoms with E-state index >= 15 is 0 Å². The van der Waals surface area contributed by atoms with Crippen molar-refractivity contribution in [1.82, 2.24) is 9.38 Å². The van der Waals surface area contributed by atoms with E-state index in [2.05, 4.69) is 16.4 Å². The third kappa shape index (κ3) is 2.91. The molecule has 0 fully saturated rings. The van der Waals surface area contributed by atoms with Gasteiger partial charge in [-0.15, -0.1) is 11.3 Å². The number of anilines is 1. The van der Waals surface area contributed by atoms with E-state index in [1.54, 1.807) is 6.20 Å². The highest BCUT2D eigenvalue weighted by molar-refractivity contribution is 7.14. The molecule has 0 bridgehead atoms. The Morgan fingerprint density at radius 2 is 2.17 bits per heavy atom. The molecule has 3 aromatic rings. The molecular weight excluding hydrogens is 320 g/mol. The highest BCUT2D eigenvalue weighted by Crippen LogP contribution is 2.35. The van der Waals surface area contributed by atoms with Gasteiger partial charge in [0.05, 0.1) is 5.56 Å². The SMILES string of the molecule is Cc1ccn2cc(C(=O)Nc3scc(C(C)(C)C)c3C#N)nc2c1. The van der Waals surface area contributed by atoms with Crippen molar-refractivity contribution in [3.05, 3.63) is 52.3 Å². The van der Waals surface area contributed by atoms with E-state index in [1.165, 1.54) is 11.3 Å². The Labute approximate surface area is 144 Å². The first-order valence-electron chi connectivity index (χ1n) is 7.58. The molecule has 0 aromatic carbocycles. The number of carbonyl (C=O) groups is 1. The molecule has 0 spiro atoms. The maximum absolute atomic E-state index is 12.5. The lowest BCUT2D eigenvalue weighted by molar-refractivity contribution is 0.102. The number of rotatable bonds is 2. The molecule has 0 aliphatic rings. The third-order valence-electron chi connectivity index (χ3n) is 3.79. The van der Waals surface area contributed by atoms with Crippen molar-refractivity contribution < 1.29 is 4.79 Å². The average Bonchev–Trinajstić information content (AvgIpc) is 3.09. The minimum absolute atomic E-state index is 0.148. The third-order valence-corrected chi connectivity index (χ3v) is 4.68. The van der Waals surface area contributed by atoms with E-state index in [9.17, 15) is 10.1 Å². The van der Waals surface area contributed by atoms with Crippen molar-refractivity contribution >= 4 is 27.9 Å². The summed E-state index contributed by atoms with van der Waals surface area (Å²) in [5.41, 5.74) is 3.46. The number of aryl methyl sites for hydroxylation is 1. The molecule has 0 saturated carbocycles. The lowest BCUT2D eigenvalue weighted by atomic mass is 9.86. The molecule has 0 aliphatic carbocycles. The van der Waals surface area contributed by atoms with Crippen LogP contribution in [0, 0.1) is 18.3 Å². The van der Waals surface area contributed by atoms with Gasteiger partial charge in [-0.05, 0) is 41.0 Å². The molecule has 122 valence electrons. The van der Waals surface area contributed by atoms with Crippen molar-refractivity contribution in [3.63, 3.8) is 0 Å². The van der Waals surface area contributed by atoms with Crippen LogP contribution in [0.15, 0.2) is 29.9 Å². The Balaban J connectivity index is 1.92. The zero-order chi connectivity index (χ0) is 17.5. The van der Waals surface area contributed by atoms with Crippen LogP contribution < -0.4 is 5.32 Å². The molecule has 3 heterocycles. The van der Waals surface area contributed by atoms with Crippen LogP contribution in [0.1, 0.15) is 48.0 Å². The van der Waals surface area contributed by atoms with E-state index < -0.39 is 0 Å². The first-order chi connectivity index (χ1) is 11.3. The van der Waals surface area contributed by atoms with Gasteiger partial charge in [-0.2, -0.15) is 5.26 Å². The Bertz CT molecular complexity index is 969. The number of hydrogen-bond donors (Lipinski definition) is 1. The fourth-order valence-corrected chi connectivity index (χ4v) is 3.61. The molecule has 3 rings (SSSR count). The number of aromatic nitrogens is 2. The van der Waals surface area contributed by atoms with Crippen LogP contribution in [-0.2, 0) is 5.41 Å². The van der Waals surface area contributed by atoms with Gasteiger partial charge in [0.15, 0.2) is 0 Å². The number of pyridine rings is 1. The van der Waals surface area contributed by atoms with E-state index in [1.807, 2.05) is 55.8 Å². The zero-order valence-corrected chi connectivity index (χ0v) is 14.9. The maximum atomic E-state index is 12.5. The van der Waals surface area contributed by atoms with Gasteiger partial charge in [-0.25, -0.2) is 4.98 Å². The standard InChI is InChI=1S/C18H18N4OS/c1-11-5-6-22-9-14(20-15(22)7-11)16(23)21-17-12(8-19)13(10-24-17)18(2,3)4/h5-7,9-10H,1-4H3,(H,21,23). The second-order valence-corrected chi connectivity index (χ2v) is 7.64. The molecule has 0 saturated heterocycles. The minimum atomic E-state index is -0.310. The summed E-state index contributed by atoms with van der Waals surface area (Å²) in [5.74, 6) is -0.310. The number of nitrogens with one attached hydrogen (secondary N) is 1. The molecule has 5 nitrogen and oxygen atoms in total. The summed E-state index contributed by atoms with van der Waals surface area (Å²) >= 11 is 1.37. The molecule has 24 heavy (non-hydrogen) atoms. The van der Waals surface area contributed by atoms with Crippen molar-refractivity contribution in [2.75, 3.05) is 5.32 Å². The van der Waals surface area contributed by atoms with Crippen molar-refractivity contribution in [1.29, 1.82) is 5.26 Å². The van der Waals surface area contributed by atoms with Gasteiger partial charge in [0.2, 0.25) is 0 Å². The van der Waals surface area contributed by atoms with Gasteiger partial charge in [-0.1, -0.05) is 20.8 Å². The fourth-order valence-electron chi connectivity index (χ4n) is 2.47. The molecule has 0 atom stereocenters. The number of imidazole rings is 1. The highest BCUT2D eigenvalue weighted by Gasteiger charge is 2.24. The summed E-state index contributed by atoms with van der Waals surface area (Å²) in [5, 5.41) is 14.8. The van der Waals surface area contributed by atoms with Gasteiger partial charge < -0.3 is 9.72 Å². The van der Waals surface area contributed by atoms with Gasteiger partial charge in [0, 0.05) is 12.4 Å². The van der Waals surface area contributed by atoms with Gasteiger partial charge in [-0.3, -0.25) is 4.79 Å². The molecule has 3 aromatic heterocycles. The molecule has 1 N–H and O–H groups in total. The van der Waals surface area contributed by atoms with Crippen LogP contribution >= 0.6 is 11.3 Å². The monoisotopic (exact) mass is 338 g/mol. The second kappa shape index (κ2) is 5.77. The number of nitrogens with zero attached hydrogens (tertiary/aromatic N) is 3. The van der Waals surface area contributed by atoms with Gasteiger partial charge >= 0.3 is 0 Å². The summed E-state index contributed by atoms with van der Waals surface area (Å²) < 4.78 is 1.81. The van der Waals surface area contributed by atoms with Crippen molar-refractivity contribution in [2.45, 2.75) is 33.1 Å². The molecule has 0 unspecified atom stereocenters. The van der Waals surface area contributed by atoms with Crippen LogP contribution in [0.5, 0.6) is 0 Å². The first kappa shape index (κ1) is 16.2. The molecular formula is C18H18N4OS. The van der Waals surface area contributed by atoms with Gasteiger partial charge in [0.1, 0.15) is 22.4 Å². The van der Waals surface area contributed by atoms with Crippen LogP contribution in [-0.4, -0.2) is 15.3 Å². The lowest BCUT2D eigenvalue weighted by Crippen LogP contribution is -2.14. The fraction of sp³-hybridized carbons (Fsp3) is 0.278. The predicted octanol–water partition coefficient (Wildman–Crippen LogP) is 4.13. The van der Waals surface area contributed by atoms with Crippen LogP contribution in [0.4, 0.5) is 5.00 Å². The number of fused-ring (bicyclic) bond motifs is 1. The summed E-state index contributed by atoms with van der Waals surface area (Å²) in [6.45, 7) is 8.12. The number of thiophene rings is 1. The number of carbonyl (C=O) groups excluding carboxylic acids is 1. The largest absolute Gasteiger partial charge is 0.311 e. The summed E-state index contributed by atoms with van der Waals surface area (Å²) in [6, 6.07) is 6.09. The number of amides is 1. The topological polar surface area (TPSA) is 70.2 Å². The second-order valence-electron chi connectivity index (χ2n) is 6.77. The summed E-state index contributed by atoms with van der Waals surface area (Å²) in [4.78, 5) is 16.9. The molecule has 0 aliphatic heterocycles. The first-order valence-corrected chi connectivity index (χ1v) is 8.46. The predicted molar refractivity (Wildman–Crippen MR) is 95.6 cm³/mol. The Kier molecular flexibility index (Phi) is 3.90. The summed E-state index contributed by atoms with van der Waals surface area (Å²) in [7, 11) is 0. The van der Waals surface area contributed by atoms with Gasteiger partial charge in [0.25, 0.3) is 5.91 Å². The smallest absolute Gasteiger partial charge is 0.276 e. The average molecular weight is 338 g/mol. The highest BCUT2D eigenvalue weighted by atomic mass is 32.1. The number of nitriles is 1. The van der Waals surface area contributed by atoms with E-state index in [-0.39, 0.29) is 11.3 Å². The Morgan fingerprint density at radius 1 is 1.42 bits per heavy atom. The zero-order valence-electron chi connectivity index (χ0n) is 14.0. The van der Waals surface area contributed by atoms with Crippen LogP contribution in [0.2, 0.25) is 0 Å². The van der Waals surface area contributed by atoms with Crippen molar-refractivity contribution in [2.24, 2.45) is 0 Å². The van der Waals surface area contributed by atoms with E-state index in [4.69, 9.17) is 0 Å². The molecule has 6 heteroatoms. The van der Waals surface area contributed by atoms with Crippen molar-refractivity contribution in [3.8, 4) is 6.07 Å². The molecule has 0 radical (unpaired) electrons. The maximum Gasteiger partial charge on any atom is 0.276 e. The lowest BCUT2D eigenvalue weighted by Gasteiger charge is -2.17. The summed E-state index contributed by atoms with van der Waals surface area (Å²) in [6.07, 6.45) is 3.56. The number of hydrogen-bond acceptors (Lipinski definition) is 4. The molecule has 1 amide bonds. The quantitative estimate of drug-likeness (QED) is 0.764. The van der Waals surface area contributed by atoms with E-state index in [0.29, 0.717) is 16.3 Å². The Morgan fingerprint density at radius 3 is 2.83 bits per heavy atom. The van der Waals surface area contributed by atoms with Crippen LogP contribution in [0.3, 0.4) is 0 Å². The van der Waals surface area contributed by atoms with Crippen LogP contribution in [0.25, 0.3) is 5.65 Å². The van der Waals surface area contributed by atoms with E-state index in [0.717, 1.165) is 16.8 Å².